The van der Waals surface area contributed by atoms with Crippen molar-refractivity contribution >= 4 is 28.5 Å². The normalized spacial score (nSPS) is 22.5. The SMILES string of the molecule is COc1cnc(C(=O)Nc2ccc3c(c2)C2(CCSC(N)=N2)CC(C)(C)C3)cn1. The lowest BCUT2D eigenvalue weighted by molar-refractivity contribution is 0.102. The molecule has 1 aromatic carbocycles. The largest absolute Gasteiger partial charge is 0.480 e. The minimum atomic E-state index is -0.326. The Morgan fingerprint density at radius 3 is 2.79 bits per heavy atom. The van der Waals surface area contributed by atoms with Crippen LogP contribution in [-0.2, 0) is 12.0 Å². The van der Waals surface area contributed by atoms with Gasteiger partial charge in [-0.15, -0.1) is 0 Å². The Labute approximate surface area is 174 Å². The summed E-state index contributed by atoms with van der Waals surface area (Å²) in [4.78, 5) is 25.7. The van der Waals surface area contributed by atoms with Gasteiger partial charge in [-0.25, -0.2) is 9.97 Å². The molecule has 29 heavy (non-hydrogen) atoms. The van der Waals surface area contributed by atoms with Crippen LogP contribution < -0.4 is 15.8 Å². The summed E-state index contributed by atoms with van der Waals surface area (Å²) in [7, 11) is 1.51. The maximum absolute atomic E-state index is 12.6. The Kier molecular flexibility index (Phi) is 4.98. The van der Waals surface area contributed by atoms with E-state index < -0.39 is 0 Å². The van der Waals surface area contributed by atoms with Crippen molar-refractivity contribution in [1.82, 2.24) is 9.97 Å². The van der Waals surface area contributed by atoms with Crippen LogP contribution in [0, 0.1) is 5.41 Å². The highest BCUT2D eigenvalue weighted by Crippen LogP contribution is 2.51. The molecule has 2 heterocycles. The third-order valence-corrected chi connectivity index (χ3v) is 6.26. The minimum Gasteiger partial charge on any atom is -0.480 e. The van der Waals surface area contributed by atoms with Gasteiger partial charge in [0.1, 0.15) is 5.69 Å². The zero-order chi connectivity index (χ0) is 20.6. The molecule has 152 valence electrons. The molecule has 0 radical (unpaired) electrons. The molecule has 1 unspecified atom stereocenters. The molecule has 1 aliphatic heterocycles. The number of anilines is 1. The van der Waals surface area contributed by atoms with Gasteiger partial charge in [-0.2, -0.15) is 0 Å². The quantitative estimate of drug-likeness (QED) is 0.803. The van der Waals surface area contributed by atoms with Crippen LogP contribution >= 0.6 is 11.8 Å². The van der Waals surface area contributed by atoms with Crippen LogP contribution in [0.1, 0.15) is 48.3 Å². The molecule has 1 aromatic heterocycles. The van der Waals surface area contributed by atoms with Gasteiger partial charge in [0.25, 0.3) is 5.91 Å². The first-order chi connectivity index (χ1) is 13.8. The van der Waals surface area contributed by atoms with Crippen LogP contribution in [0.15, 0.2) is 35.6 Å². The fourth-order valence-corrected chi connectivity index (χ4v) is 5.28. The van der Waals surface area contributed by atoms with E-state index in [1.54, 1.807) is 11.8 Å². The van der Waals surface area contributed by atoms with E-state index in [2.05, 4.69) is 35.2 Å². The lowest BCUT2D eigenvalue weighted by Crippen LogP contribution is -2.41. The standard InChI is InChI=1S/C21H25N5O2S/c1-20(2)9-13-4-5-14(25-18(27)16-10-24-17(28-3)11-23-16)8-15(13)21(12-20)6-7-29-19(22)26-21/h4-5,8,10-11H,6-7,9,12H2,1-3H3,(H2,22,26)(H,25,27). The number of methoxy groups -OCH3 is 1. The Balaban J connectivity index is 1.66. The molecule has 0 bridgehead atoms. The molecule has 1 aliphatic carbocycles. The number of nitrogens with one attached hydrogen (secondary N) is 1. The lowest BCUT2D eigenvalue weighted by Gasteiger charge is -2.45. The van der Waals surface area contributed by atoms with Crippen LogP contribution in [0.25, 0.3) is 0 Å². The number of carbonyl (C=O) groups excluding carboxylic acids is 1. The Morgan fingerprint density at radius 2 is 2.10 bits per heavy atom. The fraction of sp³-hybridized carbons (Fsp3) is 0.429. The van der Waals surface area contributed by atoms with Crippen molar-refractivity contribution in [1.29, 1.82) is 0 Å². The molecule has 0 saturated carbocycles. The number of fused-ring (bicyclic) bond motifs is 2. The molecule has 2 aromatic rings. The average molecular weight is 412 g/mol. The van der Waals surface area contributed by atoms with Crippen molar-refractivity contribution in [2.45, 2.75) is 38.6 Å². The molecule has 4 rings (SSSR count). The summed E-state index contributed by atoms with van der Waals surface area (Å²) in [5.74, 6) is 1.00. The molecule has 8 heteroatoms. The molecular formula is C21H25N5O2S. The first kappa shape index (κ1) is 19.7. The Bertz CT molecular complexity index is 974. The van der Waals surface area contributed by atoms with Crippen molar-refractivity contribution in [2.75, 3.05) is 18.2 Å². The van der Waals surface area contributed by atoms with E-state index in [9.17, 15) is 4.79 Å². The molecule has 0 saturated heterocycles. The van der Waals surface area contributed by atoms with Gasteiger partial charge in [-0.1, -0.05) is 31.7 Å². The number of nitrogens with zero attached hydrogens (tertiary/aromatic N) is 3. The summed E-state index contributed by atoms with van der Waals surface area (Å²) in [5, 5.41) is 3.57. The molecule has 1 atom stereocenters. The van der Waals surface area contributed by atoms with Crippen molar-refractivity contribution in [3.63, 3.8) is 0 Å². The highest BCUT2D eigenvalue weighted by Gasteiger charge is 2.45. The van der Waals surface area contributed by atoms with E-state index in [0.717, 1.165) is 30.7 Å². The number of nitrogens with two attached hydrogens (primary N) is 1. The number of ether oxygens (including phenoxy) is 1. The summed E-state index contributed by atoms with van der Waals surface area (Å²) in [5.41, 5.74) is 9.32. The number of amides is 1. The molecule has 0 fully saturated rings. The smallest absolute Gasteiger partial charge is 0.275 e. The van der Waals surface area contributed by atoms with Crippen molar-refractivity contribution in [3.8, 4) is 5.88 Å². The summed E-state index contributed by atoms with van der Waals surface area (Å²) < 4.78 is 4.99. The van der Waals surface area contributed by atoms with Crippen molar-refractivity contribution in [2.24, 2.45) is 16.1 Å². The molecule has 1 spiro atoms. The number of thioether (sulfide) groups is 1. The second-order valence-electron chi connectivity index (χ2n) is 8.37. The fourth-order valence-electron chi connectivity index (χ4n) is 4.39. The lowest BCUT2D eigenvalue weighted by atomic mass is 9.64. The Morgan fingerprint density at radius 1 is 1.28 bits per heavy atom. The molecule has 3 N–H and O–H groups in total. The first-order valence-corrected chi connectivity index (χ1v) is 10.6. The number of rotatable bonds is 3. The number of aromatic nitrogens is 2. The number of hydrogen-bond acceptors (Lipinski definition) is 7. The maximum atomic E-state index is 12.6. The zero-order valence-electron chi connectivity index (χ0n) is 16.9. The van der Waals surface area contributed by atoms with Gasteiger partial charge in [0, 0.05) is 11.4 Å². The summed E-state index contributed by atoms with van der Waals surface area (Å²) in [6, 6.07) is 6.08. The summed E-state index contributed by atoms with van der Waals surface area (Å²) in [6.07, 6.45) is 5.69. The van der Waals surface area contributed by atoms with Crippen molar-refractivity contribution < 1.29 is 9.53 Å². The molecule has 2 aliphatic rings. The van der Waals surface area contributed by atoms with Gasteiger partial charge in [-0.05, 0) is 47.9 Å². The zero-order valence-corrected chi connectivity index (χ0v) is 17.7. The second-order valence-corrected chi connectivity index (χ2v) is 9.48. The van der Waals surface area contributed by atoms with Crippen LogP contribution in [0.3, 0.4) is 0 Å². The monoisotopic (exact) mass is 411 g/mol. The van der Waals surface area contributed by atoms with Crippen molar-refractivity contribution in [3.05, 3.63) is 47.4 Å². The number of benzene rings is 1. The minimum absolute atomic E-state index is 0.141. The van der Waals surface area contributed by atoms with Gasteiger partial charge < -0.3 is 15.8 Å². The van der Waals surface area contributed by atoms with Gasteiger partial charge in [0.2, 0.25) is 5.88 Å². The summed E-state index contributed by atoms with van der Waals surface area (Å²) in [6.45, 7) is 4.56. The highest BCUT2D eigenvalue weighted by atomic mass is 32.2. The number of amidine groups is 1. The second kappa shape index (κ2) is 7.33. The van der Waals surface area contributed by atoms with Crippen LogP contribution in [0.2, 0.25) is 0 Å². The Hall–Kier alpha value is -2.61. The van der Waals surface area contributed by atoms with E-state index in [1.807, 2.05) is 12.1 Å². The van der Waals surface area contributed by atoms with E-state index in [-0.39, 0.29) is 22.6 Å². The van der Waals surface area contributed by atoms with E-state index in [0.29, 0.717) is 11.0 Å². The van der Waals surface area contributed by atoms with E-state index in [1.165, 1.54) is 30.6 Å². The van der Waals surface area contributed by atoms with Gasteiger partial charge in [0.05, 0.1) is 25.0 Å². The van der Waals surface area contributed by atoms with E-state index >= 15 is 0 Å². The third kappa shape index (κ3) is 3.94. The number of aliphatic imine (C=N–C) groups is 1. The molecule has 1 amide bonds. The number of carbonyl (C=O) groups is 1. The molecule has 7 nitrogen and oxygen atoms in total. The van der Waals surface area contributed by atoms with Gasteiger partial charge >= 0.3 is 0 Å². The topological polar surface area (TPSA) is 102 Å². The van der Waals surface area contributed by atoms with Gasteiger partial charge in [0.15, 0.2) is 5.17 Å². The first-order valence-electron chi connectivity index (χ1n) is 9.59. The summed E-state index contributed by atoms with van der Waals surface area (Å²) >= 11 is 1.61. The number of hydrogen-bond donors (Lipinski definition) is 2. The average Bonchev–Trinajstić information content (AvgIpc) is 2.68. The molecular weight excluding hydrogens is 386 g/mol. The van der Waals surface area contributed by atoms with Gasteiger partial charge in [-0.3, -0.25) is 9.79 Å². The van der Waals surface area contributed by atoms with Crippen LogP contribution in [0.4, 0.5) is 5.69 Å². The maximum Gasteiger partial charge on any atom is 0.275 e. The van der Waals surface area contributed by atoms with Crippen LogP contribution in [0.5, 0.6) is 5.88 Å². The predicted molar refractivity (Wildman–Crippen MR) is 115 cm³/mol. The third-order valence-electron chi connectivity index (χ3n) is 5.47. The predicted octanol–water partition coefficient (Wildman–Crippen LogP) is 3.36. The highest BCUT2D eigenvalue weighted by molar-refractivity contribution is 8.13. The van der Waals surface area contributed by atoms with E-state index in [4.69, 9.17) is 15.5 Å². The van der Waals surface area contributed by atoms with Crippen LogP contribution in [-0.4, -0.2) is 33.9 Å².